The second-order valence-electron chi connectivity index (χ2n) is 18.3. The van der Waals surface area contributed by atoms with Gasteiger partial charge in [0.15, 0.2) is 5.58 Å². The van der Waals surface area contributed by atoms with Crippen molar-refractivity contribution in [3.05, 3.63) is 221 Å². The van der Waals surface area contributed by atoms with E-state index >= 15 is 0 Å². The molecule has 0 unspecified atom stereocenters. The van der Waals surface area contributed by atoms with Crippen LogP contribution in [0.25, 0.3) is 55.3 Å². The maximum atomic E-state index is 7.20. The van der Waals surface area contributed by atoms with E-state index in [1.165, 1.54) is 100 Å². The van der Waals surface area contributed by atoms with Gasteiger partial charge in [-0.2, -0.15) is 0 Å². The second kappa shape index (κ2) is 11.2. The van der Waals surface area contributed by atoms with Gasteiger partial charge in [0, 0.05) is 38.8 Å². The molecule has 3 nitrogen and oxygen atoms in total. The highest BCUT2D eigenvalue weighted by Gasteiger charge is 2.57. The van der Waals surface area contributed by atoms with E-state index in [4.69, 9.17) is 4.42 Å². The average Bonchev–Trinajstić information content (AvgIpc) is 3.93. The van der Waals surface area contributed by atoms with E-state index in [1.807, 2.05) is 0 Å². The van der Waals surface area contributed by atoms with Gasteiger partial charge in [-0.25, -0.2) is 0 Å². The Kier molecular flexibility index (Phi) is 6.01. The minimum absolute atomic E-state index is 0.168. The molecule has 288 valence electrons. The third kappa shape index (κ3) is 3.67. The highest BCUT2D eigenvalue weighted by Crippen LogP contribution is 2.65. The fourth-order valence-corrected chi connectivity index (χ4v) is 12.9. The molecule has 0 bridgehead atoms. The number of hydrogen-bond acceptors (Lipinski definition) is 3. The largest absolute Gasteiger partial charge is 0.454 e. The summed E-state index contributed by atoms with van der Waals surface area (Å²) >= 11 is 0. The summed E-state index contributed by atoms with van der Waals surface area (Å²) in [5, 5.41) is 2.28. The van der Waals surface area contributed by atoms with Gasteiger partial charge in [-0.3, -0.25) is 0 Å². The van der Waals surface area contributed by atoms with Crippen molar-refractivity contribution < 1.29 is 4.42 Å². The van der Waals surface area contributed by atoms with E-state index in [-0.39, 0.29) is 12.3 Å². The fraction of sp³-hybridized carbons (Fsp3) is 0.0690. The second-order valence-corrected chi connectivity index (χ2v) is 18.3. The molecular formula is C58H37BN2O. The van der Waals surface area contributed by atoms with Gasteiger partial charge in [0.1, 0.15) is 5.58 Å². The first-order valence-corrected chi connectivity index (χ1v) is 21.9. The van der Waals surface area contributed by atoms with Crippen LogP contribution >= 0.6 is 0 Å². The van der Waals surface area contributed by atoms with Gasteiger partial charge in [0.2, 0.25) is 0 Å². The van der Waals surface area contributed by atoms with Crippen molar-refractivity contribution in [3.8, 4) is 33.4 Å². The van der Waals surface area contributed by atoms with Crippen LogP contribution in [0.15, 0.2) is 192 Å². The van der Waals surface area contributed by atoms with Crippen LogP contribution in [0.5, 0.6) is 0 Å². The van der Waals surface area contributed by atoms with Crippen LogP contribution in [0.1, 0.15) is 47.2 Å². The lowest BCUT2D eigenvalue weighted by atomic mass is 9.42. The number of rotatable bonds is 1. The molecule has 0 N–H and O–H groups in total. The minimum atomic E-state index is -0.539. The molecule has 1 aromatic heterocycles. The van der Waals surface area contributed by atoms with E-state index in [0.29, 0.717) is 0 Å². The predicted molar refractivity (Wildman–Crippen MR) is 256 cm³/mol. The molecule has 0 radical (unpaired) electrons. The highest BCUT2D eigenvalue weighted by molar-refractivity contribution is 6.94. The van der Waals surface area contributed by atoms with Crippen LogP contribution in [0.4, 0.5) is 28.4 Å². The van der Waals surface area contributed by atoms with Crippen LogP contribution in [-0.4, -0.2) is 6.85 Å². The molecular weight excluding hydrogens is 751 g/mol. The summed E-state index contributed by atoms with van der Waals surface area (Å²) in [7, 11) is 0. The Labute approximate surface area is 360 Å². The van der Waals surface area contributed by atoms with Gasteiger partial charge in [-0.15, -0.1) is 0 Å². The first kappa shape index (κ1) is 33.2. The highest BCUT2D eigenvalue weighted by atomic mass is 16.3. The van der Waals surface area contributed by atoms with Gasteiger partial charge in [-0.05, 0) is 102 Å². The van der Waals surface area contributed by atoms with Gasteiger partial charge in [-0.1, -0.05) is 172 Å². The Balaban J connectivity index is 1.16. The van der Waals surface area contributed by atoms with Crippen molar-refractivity contribution in [2.24, 2.45) is 0 Å². The number of anilines is 5. The van der Waals surface area contributed by atoms with Crippen LogP contribution in [-0.2, 0) is 10.8 Å². The number of para-hydroxylation sites is 4. The first-order chi connectivity index (χ1) is 30.6. The molecule has 10 aromatic rings. The lowest BCUT2D eigenvalue weighted by molar-refractivity contribution is 0.661. The zero-order valence-corrected chi connectivity index (χ0v) is 34.3. The Morgan fingerprint density at radius 3 is 1.84 bits per heavy atom. The van der Waals surface area contributed by atoms with E-state index < -0.39 is 5.41 Å². The maximum Gasteiger partial charge on any atom is 0.333 e. The quantitative estimate of drug-likeness (QED) is 0.155. The summed E-state index contributed by atoms with van der Waals surface area (Å²) in [4.78, 5) is 5.31. The molecule has 4 heterocycles. The van der Waals surface area contributed by atoms with Gasteiger partial charge in [0.05, 0.1) is 16.8 Å². The topological polar surface area (TPSA) is 19.6 Å². The molecule has 3 aliphatic heterocycles. The van der Waals surface area contributed by atoms with Gasteiger partial charge >= 0.3 is 6.85 Å². The Morgan fingerprint density at radius 2 is 1.06 bits per heavy atom. The summed E-state index contributed by atoms with van der Waals surface area (Å²) < 4.78 is 7.20. The van der Waals surface area contributed by atoms with Crippen LogP contribution in [0, 0.1) is 0 Å². The molecule has 15 rings (SSSR count). The molecule has 0 saturated carbocycles. The third-order valence-electron chi connectivity index (χ3n) is 15.2. The maximum absolute atomic E-state index is 7.20. The monoisotopic (exact) mass is 788 g/mol. The average molecular weight is 789 g/mol. The molecule has 9 aromatic carbocycles. The van der Waals surface area contributed by atoms with E-state index in [2.05, 4.69) is 212 Å². The van der Waals surface area contributed by atoms with Crippen LogP contribution in [0.2, 0.25) is 0 Å². The zero-order valence-electron chi connectivity index (χ0n) is 34.3. The zero-order chi connectivity index (χ0) is 40.6. The number of hydrogen-bond donors (Lipinski definition) is 0. The Hall–Kier alpha value is -7.56. The van der Waals surface area contributed by atoms with Crippen molar-refractivity contribution in [1.82, 2.24) is 0 Å². The third-order valence-corrected chi connectivity index (χ3v) is 15.2. The summed E-state index contributed by atoms with van der Waals surface area (Å²) in [6, 6.07) is 70.7. The van der Waals surface area contributed by atoms with E-state index in [9.17, 15) is 0 Å². The van der Waals surface area contributed by atoms with Gasteiger partial charge < -0.3 is 14.1 Å². The Morgan fingerprint density at radius 1 is 0.452 bits per heavy atom. The summed E-state index contributed by atoms with van der Waals surface area (Å²) in [5.41, 5.74) is 25.5. The molecule has 4 heteroatoms. The lowest BCUT2D eigenvalue weighted by Gasteiger charge is -2.51. The molecule has 0 saturated heterocycles. The Bertz CT molecular complexity index is 3610. The summed E-state index contributed by atoms with van der Waals surface area (Å²) in [5.74, 6) is 0. The molecule has 62 heavy (non-hydrogen) atoms. The number of nitrogens with zero attached hydrogens (tertiary/aromatic N) is 2. The van der Waals surface area contributed by atoms with Crippen LogP contribution < -0.4 is 20.6 Å². The van der Waals surface area contributed by atoms with Crippen molar-refractivity contribution >= 4 is 68.1 Å². The van der Waals surface area contributed by atoms with Crippen molar-refractivity contribution in [3.63, 3.8) is 0 Å². The molecule has 0 fully saturated rings. The molecule has 2 aliphatic carbocycles. The fourth-order valence-electron chi connectivity index (χ4n) is 12.9. The van der Waals surface area contributed by atoms with Crippen molar-refractivity contribution in [2.45, 2.75) is 24.7 Å². The normalized spacial score (nSPS) is 15.7. The minimum Gasteiger partial charge on any atom is -0.454 e. The predicted octanol–water partition coefficient (Wildman–Crippen LogP) is 13.3. The first-order valence-electron chi connectivity index (χ1n) is 21.9. The smallest absolute Gasteiger partial charge is 0.333 e. The molecule has 0 atom stereocenters. The molecule has 1 spiro atoms. The molecule has 5 aliphatic rings. The number of furan rings is 1. The van der Waals surface area contributed by atoms with Crippen molar-refractivity contribution in [2.75, 3.05) is 9.71 Å². The summed E-state index contributed by atoms with van der Waals surface area (Å²) in [6.45, 7) is 4.69. The van der Waals surface area contributed by atoms with E-state index in [0.717, 1.165) is 27.6 Å². The van der Waals surface area contributed by atoms with Crippen LogP contribution in [0.3, 0.4) is 0 Å². The van der Waals surface area contributed by atoms with Crippen molar-refractivity contribution in [1.29, 1.82) is 0 Å². The molecule has 0 amide bonds. The number of fused-ring (bicyclic) bond motifs is 21. The standard InChI is InChI=1S/C58H37BN2O/c1-57(2)43-23-10-6-21-37(43)39-31-32-40-41-33-42-38-22-9-15-30-50(38)62-56(42)55-52(41)59(61(53(40)51(39)57)34-17-4-3-5-18-34)48-28-16-27-47-54(48)60(55)49-29-14-13-26-46(49)58(47)44-24-11-7-19-35(44)36-20-8-12-25-45(36)58/h3-33H,1-2H3. The lowest BCUT2D eigenvalue weighted by Crippen LogP contribution is -2.63. The summed E-state index contributed by atoms with van der Waals surface area (Å²) in [6.07, 6.45) is 0. The number of benzene rings is 9. The van der Waals surface area contributed by atoms with E-state index in [1.54, 1.807) is 0 Å². The SMILES string of the molecule is CC1(C)c2ccccc2-c2ccc3c(c21)N(c1ccccc1)B1c2cccc4c2N(c2ccccc2C42c4ccccc4-c4ccccc42)c2c1c-3cc1c2oc2ccccc21. The van der Waals surface area contributed by atoms with Gasteiger partial charge in [0.25, 0.3) is 0 Å².